The molecular weight excluding hydrogens is 490 g/mol. The Balaban J connectivity index is 1.30. The number of nitrogens with zero attached hydrogens (tertiary/aromatic N) is 4. The first-order chi connectivity index (χ1) is 17.9. The number of fused-ring (bicyclic) bond motifs is 1. The van der Waals surface area contributed by atoms with Gasteiger partial charge in [0, 0.05) is 41.8 Å². The number of thiazole rings is 1. The van der Waals surface area contributed by atoms with Gasteiger partial charge in [-0.25, -0.2) is 9.97 Å². The SMILES string of the molecule is C=CC(=O)N1CCC[C@@H](Nc2n[nH]c3nccc(Oc4ccc(C(=O)Nc5nc(C)c(C)s5)cc4)c23)C1. The molecule has 1 aliphatic rings. The van der Waals surface area contributed by atoms with E-state index in [0.29, 0.717) is 45.6 Å². The summed E-state index contributed by atoms with van der Waals surface area (Å²) in [5, 5.41) is 14.9. The molecule has 4 aromatic rings. The molecule has 0 saturated carbocycles. The van der Waals surface area contributed by atoms with Gasteiger partial charge < -0.3 is 15.0 Å². The van der Waals surface area contributed by atoms with Gasteiger partial charge in [-0.15, -0.1) is 11.3 Å². The molecule has 10 nitrogen and oxygen atoms in total. The van der Waals surface area contributed by atoms with Gasteiger partial charge in [0.1, 0.15) is 16.9 Å². The number of nitrogens with one attached hydrogen (secondary N) is 3. The number of carbonyl (C=O) groups excluding carboxylic acids is 2. The van der Waals surface area contributed by atoms with E-state index in [2.05, 4.69) is 37.4 Å². The number of anilines is 2. The summed E-state index contributed by atoms with van der Waals surface area (Å²) in [6.07, 6.45) is 4.79. The highest BCUT2D eigenvalue weighted by atomic mass is 32.1. The molecule has 1 saturated heterocycles. The molecule has 0 spiro atoms. The van der Waals surface area contributed by atoms with Gasteiger partial charge in [0.2, 0.25) is 5.91 Å². The number of pyridine rings is 1. The van der Waals surface area contributed by atoms with Crippen molar-refractivity contribution in [1.29, 1.82) is 0 Å². The molecule has 0 aliphatic carbocycles. The normalized spacial score (nSPS) is 15.4. The Hall–Kier alpha value is -4.25. The van der Waals surface area contributed by atoms with Crippen molar-refractivity contribution in [2.45, 2.75) is 32.7 Å². The zero-order valence-electron chi connectivity index (χ0n) is 20.6. The number of H-pyrrole nitrogens is 1. The minimum absolute atomic E-state index is 0.0420. The molecule has 1 aliphatic heterocycles. The van der Waals surface area contributed by atoms with Crippen LogP contribution in [0.3, 0.4) is 0 Å². The molecule has 3 N–H and O–H groups in total. The van der Waals surface area contributed by atoms with E-state index >= 15 is 0 Å². The van der Waals surface area contributed by atoms with Crippen LogP contribution in [-0.2, 0) is 4.79 Å². The minimum Gasteiger partial charge on any atom is -0.456 e. The second-order valence-corrected chi connectivity index (χ2v) is 10.0. The van der Waals surface area contributed by atoms with Crippen molar-refractivity contribution in [2.75, 3.05) is 23.7 Å². The lowest BCUT2D eigenvalue weighted by Gasteiger charge is -2.32. The van der Waals surface area contributed by atoms with Crippen molar-refractivity contribution in [2.24, 2.45) is 0 Å². The van der Waals surface area contributed by atoms with Gasteiger partial charge in [0.15, 0.2) is 16.6 Å². The zero-order chi connectivity index (χ0) is 25.9. The predicted octanol–water partition coefficient (Wildman–Crippen LogP) is 4.66. The molecule has 3 aromatic heterocycles. The topological polar surface area (TPSA) is 125 Å². The van der Waals surface area contributed by atoms with Gasteiger partial charge in [0.05, 0.1) is 5.69 Å². The van der Waals surface area contributed by atoms with Gasteiger partial charge >= 0.3 is 0 Å². The number of ether oxygens (including phenoxy) is 1. The average molecular weight is 518 g/mol. The molecule has 2 amide bonds. The highest BCUT2D eigenvalue weighted by Crippen LogP contribution is 2.33. The number of benzene rings is 1. The number of piperidine rings is 1. The summed E-state index contributed by atoms with van der Waals surface area (Å²) < 4.78 is 6.17. The van der Waals surface area contributed by atoms with Crippen molar-refractivity contribution in [3.63, 3.8) is 0 Å². The number of amides is 2. The average Bonchev–Trinajstić information content (AvgIpc) is 3.46. The van der Waals surface area contributed by atoms with Gasteiger partial charge in [-0.2, -0.15) is 5.10 Å². The maximum Gasteiger partial charge on any atom is 0.257 e. The van der Waals surface area contributed by atoms with Crippen molar-refractivity contribution in [1.82, 2.24) is 25.1 Å². The van der Waals surface area contributed by atoms with Crippen LogP contribution in [0, 0.1) is 13.8 Å². The van der Waals surface area contributed by atoms with Crippen molar-refractivity contribution in [3.05, 3.63) is 65.3 Å². The highest BCUT2D eigenvalue weighted by molar-refractivity contribution is 7.15. The van der Waals surface area contributed by atoms with Crippen molar-refractivity contribution >= 4 is 45.1 Å². The second kappa shape index (κ2) is 10.4. The molecule has 37 heavy (non-hydrogen) atoms. The standard InChI is InChI=1S/C26H27N7O3S/c1-4-21(34)33-13-5-6-18(14-33)29-24-22-20(11-12-27-23(22)31-32-24)36-19-9-7-17(8-10-19)25(35)30-26-28-15(2)16(3)37-26/h4,7-12,18H,1,5-6,13-14H2,2-3H3,(H,28,30,35)(H2,27,29,31,32)/t18-/m1/s1. The summed E-state index contributed by atoms with van der Waals surface area (Å²) in [7, 11) is 0. The molecule has 1 fully saturated rings. The monoisotopic (exact) mass is 517 g/mol. The van der Waals surface area contributed by atoms with Crippen LogP contribution in [0.4, 0.5) is 10.9 Å². The zero-order valence-corrected chi connectivity index (χ0v) is 21.4. The number of aryl methyl sites for hydroxylation is 2. The third-order valence-electron chi connectivity index (χ3n) is 6.26. The Labute approximate surface area is 217 Å². The van der Waals surface area contributed by atoms with Gasteiger partial charge in [-0.3, -0.25) is 20.0 Å². The Kier molecular flexibility index (Phi) is 6.87. The van der Waals surface area contributed by atoms with Crippen molar-refractivity contribution < 1.29 is 14.3 Å². The Morgan fingerprint density at radius 2 is 2.05 bits per heavy atom. The Bertz CT molecular complexity index is 1440. The molecule has 5 rings (SSSR count). The van der Waals surface area contributed by atoms with Crippen LogP contribution < -0.4 is 15.4 Å². The quantitative estimate of drug-likeness (QED) is 0.304. The summed E-state index contributed by atoms with van der Waals surface area (Å²) in [6.45, 7) is 8.76. The summed E-state index contributed by atoms with van der Waals surface area (Å²) in [6, 6.07) is 8.71. The Morgan fingerprint density at radius 3 is 2.78 bits per heavy atom. The first-order valence-corrected chi connectivity index (χ1v) is 12.8. The number of likely N-dealkylation sites (tertiary alicyclic amines) is 1. The van der Waals surface area contributed by atoms with E-state index in [1.165, 1.54) is 17.4 Å². The molecule has 1 aromatic carbocycles. The lowest BCUT2D eigenvalue weighted by molar-refractivity contribution is -0.127. The molecule has 4 heterocycles. The lowest BCUT2D eigenvalue weighted by Crippen LogP contribution is -2.44. The third-order valence-corrected chi connectivity index (χ3v) is 7.25. The van der Waals surface area contributed by atoms with E-state index in [-0.39, 0.29) is 17.9 Å². The van der Waals surface area contributed by atoms with Gasteiger partial charge in [-0.1, -0.05) is 6.58 Å². The molecule has 0 bridgehead atoms. The van der Waals surface area contributed by atoms with E-state index in [1.807, 2.05) is 13.8 Å². The molecule has 0 unspecified atom stereocenters. The largest absolute Gasteiger partial charge is 0.456 e. The smallest absolute Gasteiger partial charge is 0.257 e. The molecular formula is C26H27N7O3S. The molecule has 1 atom stereocenters. The summed E-state index contributed by atoms with van der Waals surface area (Å²) in [5.74, 6) is 1.45. The number of hydrogen-bond acceptors (Lipinski definition) is 8. The number of aromatic nitrogens is 4. The Morgan fingerprint density at radius 1 is 1.24 bits per heavy atom. The number of hydrogen-bond donors (Lipinski definition) is 3. The number of carbonyl (C=O) groups is 2. The maximum atomic E-state index is 12.6. The van der Waals surface area contributed by atoms with Crippen molar-refractivity contribution in [3.8, 4) is 11.5 Å². The van der Waals surface area contributed by atoms with Gasteiger partial charge in [-0.05, 0) is 57.0 Å². The molecule has 11 heteroatoms. The van der Waals surface area contributed by atoms with Gasteiger partial charge in [0.25, 0.3) is 5.91 Å². The van der Waals surface area contributed by atoms with E-state index in [9.17, 15) is 9.59 Å². The van der Waals surface area contributed by atoms with Crippen LogP contribution in [0.5, 0.6) is 11.5 Å². The lowest BCUT2D eigenvalue weighted by atomic mass is 10.1. The summed E-state index contributed by atoms with van der Waals surface area (Å²) in [5.41, 5.74) is 1.99. The highest BCUT2D eigenvalue weighted by Gasteiger charge is 2.24. The van der Waals surface area contributed by atoms with Crippen LogP contribution in [-0.4, -0.2) is 56.0 Å². The van der Waals surface area contributed by atoms with Crippen LogP contribution >= 0.6 is 11.3 Å². The fourth-order valence-electron chi connectivity index (χ4n) is 4.23. The van der Waals surface area contributed by atoms with E-state index in [0.717, 1.165) is 30.0 Å². The van der Waals surface area contributed by atoms with Crippen LogP contribution in [0.15, 0.2) is 49.2 Å². The summed E-state index contributed by atoms with van der Waals surface area (Å²) >= 11 is 1.45. The van der Waals surface area contributed by atoms with Crippen LogP contribution in [0.1, 0.15) is 33.8 Å². The first-order valence-electron chi connectivity index (χ1n) is 12.0. The van der Waals surface area contributed by atoms with Crippen LogP contribution in [0.25, 0.3) is 11.0 Å². The molecule has 190 valence electrons. The van der Waals surface area contributed by atoms with E-state index < -0.39 is 0 Å². The van der Waals surface area contributed by atoms with E-state index in [4.69, 9.17) is 4.74 Å². The van der Waals surface area contributed by atoms with E-state index in [1.54, 1.807) is 41.4 Å². The van der Waals surface area contributed by atoms with Crippen LogP contribution in [0.2, 0.25) is 0 Å². The second-order valence-electron chi connectivity index (χ2n) is 8.82. The first kappa shape index (κ1) is 24.4. The predicted molar refractivity (Wildman–Crippen MR) is 143 cm³/mol. The minimum atomic E-state index is -0.232. The fourth-order valence-corrected chi connectivity index (χ4v) is 5.04. The fraction of sp³-hybridized carbons (Fsp3) is 0.269. The molecule has 0 radical (unpaired) electrons. The third kappa shape index (κ3) is 5.31. The number of rotatable bonds is 7. The number of aromatic amines is 1. The summed E-state index contributed by atoms with van der Waals surface area (Å²) in [4.78, 5) is 36.3. The maximum absolute atomic E-state index is 12.6.